The van der Waals surface area contributed by atoms with Crippen molar-refractivity contribution in [3.63, 3.8) is 0 Å². The highest BCUT2D eigenvalue weighted by Crippen LogP contribution is 2.24. The summed E-state index contributed by atoms with van der Waals surface area (Å²) in [7, 11) is -3.51. The summed E-state index contributed by atoms with van der Waals surface area (Å²) in [4.78, 5) is 6.50. The highest BCUT2D eigenvalue weighted by atomic mass is 32.2. The summed E-state index contributed by atoms with van der Waals surface area (Å²) in [6.45, 7) is 5.68. The number of pyridine rings is 1. The van der Waals surface area contributed by atoms with Crippen LogP contribution in [-0.4, -0.2) is 54.1 Å². The SMILES string of the molecule is Cc1ccc(C)c(S(=O)(=O)N2CCN(c3ccc(Nc4cccnc4)nn3)CC2)c1. The molecule has 4 rings (SSSR count). The fourth-order valence-electron chi connectivity index (χ4n) is 3.43. The van der Waals surface area contributed by atoms with E-state index in [4.69, 9.17) is 0 Å². The van der Waals surface area contributed by atoms with E-state index in [0.29, 0.717) is 36.9 Å². The number of benzene rings is 1. The third kappa shape index (κ3) is 4.27. The van der Waals surface area contributed by atoms with Gasteiger partial charge in [0.1, 0.15) is 0 Å². The van der Waals surface area contributed by atoms with Crippen molar-refractivity contribution in [2.24, 2.45) is 0 Å². The van der Waals surface area contributed by atoms with Crippen LogP contribution in [-0.2, 0) is 10.0 Å². The Morgan fingerprint density at radius 3 is 2.43 bits per heavy atom. The lowest BCUT2D eigenvalue weighted by Gasteiger charge is -2.34. The number of anilines is 3. The Bertz CT molecular complexity index is 1110. The summed E-state index contributed by atoms with van der Waals surface area (Å²) in [5, 5.41) is 11.7. The highest BCUT2D eigenvalue weighted by Gasteiger charge is 2.30. The first-order valence-corrected chi connectivity index (χ1v) is 11.2. The summed E-state index contributed by atoms with van der Waals surface area (Å²) in [5.74, 6) is 1.36. The molecule has 1 aliphatic rings. The lowest BCUT2D eigenvalue weighted by atomic mass is 10.2. The molecule has 3 aromatic rings. The molecule has 2 aromatic heterocycles. The number of hydrogen-bond donors (Lipinski definition) is 1. The molecule has 3 heterocycles. The predicted molar refractivity (Wildman–Crippen MR) is 116 cm³/mol. The number of piperazine rings is 1. The monoisotopic (exact) mass is 424 g/mol. The molecule has 0 spiro atoms. The number of rotatable bonds is 5. The second-order valence-electron chi connectivity index (χ2n) is 7.30. The Morgan fingerprint density at radius 2 is 1.77 bits per heavy atom. The highest BCUT2D eigenvalue weighted by molar-refractivity contribution is 7.89. The molecule has 1 saturated heterocycles. The molecular weight excluding hydrogens is 400 g/mol. The van der Waals surface area contributed by atoms with Crippen molar-refractivity contribution in [1.29, 1.82) is 0 Å². The van der Waals surface area contributed by atoms with Crippen molar-refractivity contribution >= 4 is 27.3 Å². The minimum atomic E-state index is -3.51. The van der Waals surface area contributed by atoms with Crippen molar-refractivity contribution in [3.8, 4) is 0 Å². The minimum Gasteiger partial charge on any atom is -0.352 e. The predicted octanol–water partition coefficient (Wildman–Crippen LogP) is 2.74. The van der Waals surface area contributed by atoms with Gasteiger partial charge in [-0.15, -0.1) is 10.2 Å². The van der Waals surface area contributed by atoms with Gasteiger partial charge in [-0.3, -0.25) is 4.98 Å². The number of aryl methyl sites for hydroxylation is 2. The average molecular weight is 425 g/mol. The molecule has 9 heteroatoms. The summed E-state index contributed by atoms with van der Waals surface area (Å²) in [6.07, 6.45) is 3.42. The van der Waals surface area contributed by atoms with Gasteiger partial charge in [0.2, 0.25) is 10.0 Å². The number of nitrogens with zero attached hydrogens (tertiary/aromatic N) is 5. The zero-order valence-electron chi connectivity index (χ0n) is 17.0. The summed E-state index contributed by atoms with van der Waals surface area (Å²) >= 11 is 0. The van der Waals surface area contributed by atoms with Crippen LogP contribution in [0.15, 0.2) is 59.8 Å². The van der Waals surface area contributed by atoms with Crippen LogP contribution in [0.5, 0.6) is 0 Å². The Morgan fingerprint density at radius 1 is 0.967 bits per heavy atom. The molecule has 0 amide bonds. The molecule has 0 bridgehead atoms. The van der Waals surface area contributed by atoms with Crippen LogP contribution in [0.3, 0.4) is 0 Å². The maximum absolute atomic E-state index is 13.1. The molecular formula is C21H24N6O2S. The number of hydrogen-bond acceptors (Lipinski definition) is 7. The molecule has 1 N–H and O–H groups in total. The first-order valence-electron chi connectivity index (χ1n) is 9.76. The van der Waals surface area contributed by atoms with Gasteiger partial charge < -0.3 is 10.2 Å². The van der Waals surface area contributed by atoms with Gasteiger partial charge in [-0.25, -0.2) is 8.42 Å². The lowest BCUT2D eigenvalue weighted by Crippen LogP contribution is -2.49. The minimum absolute atomic E-state index is 0.390. The van der Waals surface area contributed by atoms with Gasteiger partial charge >= 0.3 is 0 Å². The van der Waals surface area contributed by atoms with E-state index >= 15 is 0 Å². The fourth-order valence-corrected chi connectivity index (χ4v) is 5.16. The molecule has 0 saturated carbocycles. The van der Waals surface area contributed by atoms with E-state index in [1.54, 1.807) is 22.8 Å². The molecule has 1 aliphatic heterocycles. The van der Waals surface area contributed by atoms with Gasteiger partial charge in [-0.05, 0) is 55.3 Å². The third-order valence-electron chi connectivity index (χ3n) is 5.11. The fraction of sp³-hybridized carbons (Fsp3) is 0.286. The third-order valence-corrected chi connectivity index (χ3v) is 7.15. The van der Waals surface area contributed by atoms with Gasteiger partial charge in [0.05, 0.1) is 16.8 Å². The normalized spacial score (nSPS) is 15.2. The van der Waals surface area contributed by atoms with Crippen molar-refractivity contribution in [2.75, 3.05) is 36.4 Å². The van der Waals surface area contributed by atoms with Crippen LogP contribution in [0.2, 0.25) is 0 Å². The van der Waals surface area contributed by atoms with Crippen LogP contribution < -0.4 is 10.2 Å². The molecule has 0 unspecified atom stereocenters. The quantitative estimate of drug-likeness (QED) is 0.673. The topological polar surface area (TPSA) is 91.3 Å². The lowest BCUT2D eigenvalue weighted by molar-refractivity contribution is 0.383. The van der Waals surface area contributed by atoms with Crippen molar-refractivity contribution in [2.45, 2.75) is 18.7 Å². The molecule has 0 aliphatic carbocycles. The van der Waals surface area contributed by atoms with E-state index in [0.717, 1.165) is 22.6 Å². The summed E-state index contributed by atoms with van der Waals surface area (Å²) in [5.41, 5.74) is 2.54. The first-order chi connectivity index (χ1) is 14.4. The molecule has 8 nitrogen and oxygen atoms in total. The second-order valence-corrected chi connectivity index (χ2v) is 9.21. The zero-order valence-corrected chi connectivity index (χ0v) is 17.8. The Labute approximate surface area is 176 Å². The standard InChI is InChI=1S/C21H24N6O2S/c1-16-5-6-17(2)19(14-16)30(28,29)27-12-10-26(11-13-27)21-8-7-20(24-25-21)23-18-4-3-9-22-15-18/h3-9,14-15H,10-13H2,1-2H3,(H,23,24). The van der Waals surface area contributed by atoms with Crippen molar-refractivity contribution < 1.29 is 8.42 Å². The molecule has 0 atom stereocenters. The van der Waals surface area contributed by atoms with Gasteiger partial charge in [-0.1, -0.05) is 12.1 Å². The van der Waals surface area contributed by atoms with Crippen LogP contribution in [0, 0.1) is 13.8 Å². The van der Waals surface area contributed by atoms with Crippen LogP contribution in [0.1, 0.15) is 11.1 Å². The maximum atomic E-state index is 13.1. The molecule has 1 aromatic carbocycles. The van der Waals surface area contributed by atoms with E-state index in [1.807, 2.05) is 50.2 Å². The first kappa shape index (κ1) is 20.2. The Kier molecular flexibility index (Phi) is 5.65. The van der Waals surface area contributed by atoms with Gasteiger partial charge in [0.15, 0.2) is 11.6 Å². The average Bonchev–Trinajstić information content (AvgIpc) is 2.77. The zero-order chi connectivity index (χ0) is 21.1. The van der Waals surface area contributed by atoms with E-state index < -0.39 is 10.0 Å². The molecule has 1 fully saturated rings. The van der Waals surface area contributed by atoms with E-state index in [-0.39, 0.29) is 0 Å². The van der Waals surface area contributed by atoms with Crippen LogP contribution in [0.25, 0.3) is 0 Å². The van der Waals surface area contributed by atoms with Gasteiger partial charge in [-0.2, -0.15) is 4.31 Å². The molecule has 156 valence electrons. The Balaban J connectivity index is 1.41. The van der Waals surface area contributed by atoms with Crippen molar-refractivity contribution in [3.05, 3.63) is 66.0 Å². The van der Waals surface area contributed by atoms with Crippen molar-refractivity contribution in [1.82, 2.24) is 19.5 Å². The number of nitrogens with one attached hydrogen (secondary N) is 1. The summed E-state index contributed by atoms with van der Waals surface area (Å²) in [6, 6.07) is 13.0. The van der Waals surface area contributed by atoms with Crippen LogP contribution >= 0.6 is 0 Å². The Hall–Kier alpha value is -3.04. The number of aromatic nitrogens is 3. The molecule has 0 radical (unpaired) electrons. The smallest absolute Gasteiger partial charge is 0.243 e. The van der Waals surface area contributed by atoms with E-state index in [9.17, 15) is 8.42 Å². The second kappa shape index (κ2) is 8.37. The van der Waals surface area contributed by atoms with Gasteiger partial charge in [0.25, 0.3) is 0 Å². The van der Waals surface area contributed by atoms with E-state index in [2.05, 4.69) is 25.4 Å². The largest absolute Gasteiger partial charge is 0.352 e. The summed E-state index contributed by atoms with van der Waals surface area (Å²) < 4.78 is 27.7. The van der Waals surface area contributed by atoms with Crippen LogP contribution in [0.4, 0.5) is 17.3 Å². The number of sulfonamides is 1. The maximum Gasteiger partial charge on any atom is 0.243 e. The van der Waals surface area contributed by atoms with Gasteiger partial charge in [0, 0.05) is 32.4 Å². The van der Waals surface area contributed by atoms with E-state index in [1.165, 1.54) is 0 Å². The molecule has 30 heavy (non-hydrogen) atoms.